The van der Waals surface area contributed by atoms with Gasteiger partial charge in [0.15, 0.2) is 5.76 Å². The molecule has 0 spiro atoms. The van der Waals surface area contributed by atoms with E-state index in [4.69, 9.17) is 4.42 Å². The van der Waals surface area contributed by atoms with E-state index in [1.54, 1.807) is 12.1 Å². The van der Waals surface area contributed by atoms with Crippen LogP contribution in [0.5, 0.6) is 5.88 Å². The highest BCUT2D eigenvalue weighted by Gasteiger charge is 2.33. The van der Waals surface area contributed by atoms with Crippen LogP contribution < -0.4 is 0 Å². The van der Waals surface area contributed by atoms with E-state index >= 15 is 0 Å². The molecule has 3 aromatic heterocycles. The SMILES string of the molecule is Cc1nc2sc(C(c3ccc(C(C)C)cc3)N3CCN(C(=O)c4ccco4)CC3)c(O)n2n1. The van der Waals surface area contributed by atoms with Crippen LogP contribution in [0.4, 0.5) is 0 Å². The number of aryl methyl sites for hydroxylation is 1. The Labute approximate surface area is 196 Å². The van der Waals surface area contributed by atoms with Gasteiger partial charge in [0.05, 0.1) is 17.2 Å². The molecular formula is C24H27N5O3S. The van der Waals surface area contributed by atoms with Gasteiger partial charge in [0.1, 0.15) is 5.82 Å². The highest BCUT2D eigenvalue weighted by molar-refractivity contribution is 7.17. The van der Waals surface area contributed by atoms with E-state index in [2.05, 4.69) is 53.1 Å². The molecule has 1 saturated heterocycles. The number of piperazine rings is 1. The first-order valence-corrected chi connectivity index (χ1v) is 12.0. The van der Waals surface area contributed by atoms with E-state index in [1.165, 1.54) is 27.7 Å². The fraction of sp³-hybridized carbons (Fsp3) is 0.375. The molecule has 1 amide bonds. The zero-order chi connectivity index (χ0) is 23.1. The average Bonchev–Trinajstić information content (AvgIpc) is 3.54. The van der Waals surface area contributed by atoms with Crippen molar-refractivity contribution < 1.29 is 14.3 Å². The lowest BCUT2D eigenvalue weighted by Crippen LogP contribution is -2.49. The molecule has 1 aliphatic heterocycles. The first-order chi connectivity index (χ1) is 15.9. The number of hydrogen-bond donors (Lipinski definition) is 1. The van der Waals surface area contributed by atoms with E-state index in [0.29, 0.717) is 48.6 Å². The van der Waals surface area contributed by atoms with Crippen LogP contribution in [0, 0.1) is 6.92 Å². The lowest BCUT2D eigenvalue weighted by Gasteiger charge is -2.39. The van der Waals surface area contributed by atoms with Crippen molar-refractivity contribution in [3.63, 3.8) is 0 Å². The molecule has 172 valence electrons. The number of amides is 1. The number of hydrogen-bond acceptors (Lipinski definition) is 7. The first-order valence-electron chi connectivity index (χ1n) is 11.1. The molecule has 0 radical (unpaired) electrons. The standard InChI is InChI=1S/C24H27N5O3S/c1-15(2)17-6-8-18(9-7-17)20(21-23(31)29-24(33-21)25-16(3)26-29)27-10-12-28(13-11-27)22(30)19-5-4-14-32-19/h4-9,14-15,20,31H,10-13H2,1-3H3. The van der Waals surface area contributed by atoms with Gasteiger partial charge in [0, 0.05) is 26.2 Å². The molecule has 0 aliphatic carbocycles. The van der Waals surface area contributed by atoms with E-state index in [1.807, 2.05) is 11.8 Å². The van der Waals surface area contributed by atoms with Crippen molar-refractivity contribution in [3.8, 4) is 5.88 Å². The summed E-state index contributed by atoms with van der Waals surface area (Å²) < 4.78 is 6.80. The minimum absolute atomic E-state index is 0.0883. The highest BCUT2D eigenvalue weighted by Crippen LogP contribution is 2.40. The second-order valence-corrected chi connectivity index (χ2v) is 9.68. The Kier molecular flexibility index (Phi) is 5.67. The number of furan rings is 1. The largest absolute Gasteiger partial charge is 0.492 e. The van der Waals surface area contributed by atoms with Crippen molar-refractivity contribution in [1.29, 1.82) is 0 Å². The van der Waals surface area contributed by atoms with Crippen molar-refractivity contribution in [2.24, 2.45) is 0 Å². The van der Waals surface area contributed by atoms with Crippen LogP contribution in [0.3, 0.4) is 0 Å². The molecule has 1 aliphatic rings. The summed E-state index contributed by atoms with van der Waals surface area (Å²) in [4.78, 5) is 22.8. The lowest BCUT2D eigenvalue weighted by atomic mass is 9.97. The van der Waals surface area contributed by atoms with Crippen molar-refractivity contribution in [2.45, 2.75) is 32.7 Å². The smallest absolute Gasteiger partial charge is 0.289 e. The van der Waals surface area contributed by atoms with Crippen molar-refractivity contribution in [3.05, 3.63) is 70.3 Å². The number of carbonyl (C=O) groups excluding carboxylic acids is 1. The third-order valence-electron chi connectivity index (χ3n) is 6.17. The van der Waals surface area contributed by atoms with E-state index in [-0.39, 0.29) is 17.8 Å². The van der Waals surface area contributed by atoms with Gasteiger partial charge >= 0.3 is 0 Å². The van der Waals surface area contributed by atoms with Crippen molar-refractivity contribution in [1.82, 2.24) is 24.4 Å². The maximum absolute atomic E-state index is 12.7. The molecule has 4 heterocycles. The van der Waals surface area contributed by atoms with Gasteiger partial charge in [-0.25, -0.2) is 4.98 Å². The summed E-state index contributed by atoms with van der Waals surface area (Å²) in [7, 11) is 0. The van der Waals surface area contributed by atoms with E-state index < -0.39 is 0 Å². The number of nitrogens with zero attached hydrogens (tertiary/aromatic N) is 5. The third-order valence-corrected chi connectivity index (χ3v) is 7.24. The molecule has 0 bridgehead atoms. The molecule has 8 nitrogen and oxygen atoms in total. The number of carbonyl (C=O) groups is 1. The molecule has 4 aromatic rings. The van der Waals surface area contributed by atoms with Crippen LogP contribution in [0.1, 0.15) is 58.2 Å². The summed E-state index contributed by atoms with van der Waals surface area (Å²) in [5.74, 6) is 1.48. The number of thiazole rings is 1. The van der Waals surface area contributed by atoms with Gasteiger partial charge in [0.2, 0.25) is 10.8 Å². The van der Waals surface area contributed by atoms with Gasteiger partial charge in [-0.15, -0.1) is 5.10 Å². The molecule has 1 fully saturated rings. The summed E-state index contributed by atoms with van der Waals surface area (Å²) in [6.07, 6.45) is 1.52. The Morgan fingerprint density at radius 1 is 1.09 bits per heavy atom. The number of fused-ring (bicyclic) bond motifs is 1. The molecule has 9 heteroatoms. The third kappa shape index (κ3) is 4.02. The van der Waals surface area contributed by atoms with Crippen molar-refractivity contribution >= 4 is 22.2 Å². The molecule has 5 rings (SSSR count). The van der Waals surface area contributed by atoms with Crippen molar-refractivity contribution in [2.75, 3.05) is 26.2 Å². The zero-order valence-corrected chi connectivity index (χ0v) is 19.7. The van der Waals surface area contributed by atoms with Gasteiger partial charge in [-0.2, -0.15) is 4.52 Å². The maximum atomic E-state index is 12.7. The lowest BCUT2D eigenvalue weighted by molar-refractivity contribution is 0.0568. The number of benzene rings is 1. The fourth-order valence-electron chi connectivity index (χ4n) is 4.36. The molecule has 33 heavy (non-hydrogen) atoms. The molecule has 1 aromatic carbocycles. The summed E-state index contributed by atoms with van der Waals surface area (Å²) in [6.45, 7) is 8.69. The molecule has 1 N–H and O–H groups in total. The molecular weight excluding hydrogens is 438 g/mol. The minimum atomic E-state index is -0.152. The van der Waals surface area contributed by atoms with Crippen LogP contribution in [0.25, 0.3) is 4.96 Å². The zero-order valence-electron chi connectivity index (χ0n) is 18.9. The van der Waals surface area contributed by atoms with Crippen LogP contribution in [0.2, 0.25) is 0 Å². The summed E-state index contributed by atoms with van der Waals surface area (Å²) in [6, 6.07) is 11.9. The highest BCUT2D eigenvalue weighted by atomic mass is 32.1. The Hall–Kier alpha value is -3.17. The predicted molar refractivity (Wildman–Crippen MR) is 126 cm³/mol. The van der Waals surface area contributed by atoms with Gasteiger partial charge in [0.25, 0.3) is 5.91 Å². The summed E-state index contributed by atoms with van der Waals surface area (Å²) in [5, 5.41) is 15.4. The number of rotatable bonds is 5. The fourth-order valence-corrected chi connectivity index (χ4v) is 5.52. The molecule has 1 atom stereocenters. The second-order valence-electron chi connectivity index (χ2n) is 8.67. The minimum Gasteiger partial charge on any atom is -0.492 e. The van der Waals surface area contributed by atoms with Gasteiger partial charge in [-0.1, -0.05) is 49.4 Å². The second kappa shape index (κ2) is 8.64. The monoisotopic (exact) mass is 465 g/mol. The Bertz CT molecular complexity index is 1250. The summed E-state index contributed by atoms with van der Waals surface area (Å²) >= 11 is 1.46. The Morgan fingerprint density at radius 3 is 2.39 bits per heavy atom. The molecule has 0 saturated carbocycles. The molecule has 1 unspecified atom stereocenters. The number of aromatic nitrogens is 3. The Morgan fingerprint density at radius 2 is 1.79 bits per heavy atom. The topological polar surface area (TPSA) is 87.1 Å². The van der Waals surface area contributed by atoms with Gasteiger partial charge < -0.3 is 14.4 Å². The van der Waals surface area contributed by atoms with E-state index in [0.717, 1.165) is 10.4 Å². The average molecular weight is 466 g/mol. The normalized spacial score (nSPS) is 16.1. The first kappa shape index (κ1) is 21.7. The predicted octanol–water partition coefficient (Wildman–Crippen LogP) is 4.07. The van der Waals surface area contributed by atoms with Crippen LogP contribution in [0.15, 0.2) is 47.1 Å². The van der Waals surface area contributed by atoms with Crippen LogP contribution in [-0.4, -0.2) is 61.6 Å². The summed E-state index contributed by atoms with van der Waals surface area (Å²) in [5.41, 5.74) is 2.37. The van der Waals surface area contributed by atoms with Crippen LogP contribution in [-0.2, 0) is 0 Å². The Balaban J connectivity index is 1.46. The number of aromatic hydroxyl groups is 1. The van der Waals surface area contributed by atoms with Gasteiger partial charge in [-0.05, 0) is 36.1 Å². The quantitative estimate of drug-likeness (QED) is 0.478. The van der Waals surface area contributed by atoms with E-state index in [9.17, 15) is 9.90 Å². The van der Waals surface area contributed by atoms with Gasteiger partial charge in [-0.3, -0.25) is 9.69 Å². The van der Waals surface area contributed by atoms with Crippen LogP contribution >= 0.6 is 11.3 Å². The maximum Gasteiger partial charge on any atom is 0.289 e.